The van der Waals surface area contributed by atoms with Crippen molar-refractivity contribution in [1.29, 1.82) is 0 Å². The molecule has 0 unspecified atom stereocenters. The van der Waals surface area contributed by atoms with Gasteiger partial charge in [-0.2, -0.15) is 0 Å². The van der Waals surface area contributed by atoms with E-state index in [1.807, 2.05) is 0 Å². The summed E-state index contributed by atoms with van der Waals surface area (Å²) in [6, 6.07) is 6.37. The van der Waals surface area contributed by atoms with E-state index in [1.165, 1.54) is 17.4 Å². The molecule has 1 heterocycles. The van der Waals surface area contributed by atoms with Crippen LogP contribution in [0.5, 0.6) is 0 Å². The van der Waals surface area contributed by atoms with E-state index in [-0.39, 0.29) is 11.3 Å². The lowest BCUT2D eigenvalue weighted by Gasteiger charge is -2.01. The van der Waals surface area contributed by atoms with Gasteiger partial charge in [0.25, 0.3) is 0 Å². The molecule has 0 saturated carbocycles. The first-order valence-corrected chi connectivity index (χ1v) is 6.79. The van der Waals surface area contributed by atoms with Crippen molar-refractivity contribution in [1.82, 2.24) is 0 Å². The van der Waals surface area contributed by atoms with Crippen LogP contribution in [0, 0.1) is 5.82 Å². The number of halogens is 3. The minimum Gasteiger partial charge on any atom is -0.288 e. The second-order valence-corrected chi connectivity index (χ2v) is 6.21. The smallest absolute Gasteiger partial charge is 0.196 e. The summed E-state index contributed by atoms with van der Waals surface area (Å²) >= 11 is 7.73. The summed E-state index contributed by atoms with van der Waals surface area (Å²) in [4.78, 5) is 12.0. The Morgan fingerprint density at radius 3 is 2.69 bits per heavy atom. The molecule has 0 aliphatic carbocycles. The summed E-state index contributed by atoms with van der Waals surface area (Å²) in [5.74, 6) is -0.824. The summed E-state index contributed by atoms with van der Waals surface area (Å²) in [6.07, 6.45) is 0. The van der Waals surface area contributed by atoms with Crippen LogP contribution in [0.4, 0.5) is 4.39 Å². The van der Waals surface area contributed by atoms with Crippen LogP contribution in [0.15, 0.2) is 37.9 Å². The van der Waals surface area contributed by atoms with Crippen molar-refractivity contribution in [2.24, 2.45) is 0 Å². The van der Waals surface area contributed by atoms with Crippen molar-refractivity contribution in [3.63, 3.8) is 0 Å². The van der Waals surface area contributed by atoms with Crippen LogP contribution >= 0.6 is 43.2 Å². The molecule has 0 aliphatic rings. The van der Waals surface area contributed by atoms with Crippen LogP contribution < -0.4 is 0 Å². The molecule has 0 aliphatic heterocycles. The zero-order valence-electron chi connectivity index (χ0n) is 7.84. The number of rotatable bonds is 2. The van der Waals surface area contributed by atoms with E-state index in [0.717, 1.165) is 3.79 Å². The topological polar surface area (TPSA) is 17.1 Å². The molecule has 1 nitrogen and oxygen atoms in total. The van der Waals surface area contributed by atoms with Crippen molar-refractivity contribution < 1.29 is 9.18 Å². The van der Waals surface area contributed by atoms with Crippen molar-refractivity contribution in [2.75, 3.05) is 0 Å². The van der Waals surface area contributed by atoms with E-state index in [9.17, 15) is 9.18 Å². The number of carbonyl (C=O) groups is 1. The van der Waals surface area contributed by atoms with Crippen LogP contribution in [-0.4, -0.2) is 5.78 Å². The molecule has 0 bridgehead atoms. The van der Waals surface area contributed by atoms with E-state index in [4.69, 9.17) is 0 Å². The molecule has 0 N–H and O–H groups in total. The highest BCUT2D eigenvalue weighted by molar-refractivity contribution is 9.11. The molecule has 2 aromatic rings. The zero-order chi connectivity index (χ0) is 11.7. The molecule has 0 spiro atoms. The maximum Gasteiger partial charge on any atom is 0.196 e. The zero-order valence-corrected chi connectivity index (χ0v) is 11.8. The third kappa shape index (κ3) is 2.26. The van der Waals surface area contributed by atoms with Crippen LogP contribution in [0.25, 0.3) is 0 Å². The van der Waals surface area contributed by atoms with Crippen LogP contribution in [0.3, 0.4) is 0 Å². The summed E-state index contributed by atoms with van der Waals surface area (Å²) in [5.41, 5.74) is 0.577. The molecule has 2 rings (SSSR count). The lowest BCUT2D eigenvalue weighted by molar-refractivity contribution is 0.103. The largest absolute Gasteiger partial charge is 0.288 e. The second-order valence-electron chi connectivity index (χ2n) is 3.07. The normalized spacial score (nSPS) is 10.4. The molecular formula is C11H5Br2FOS. The fourth-order valence-corrected chi connectivity index (χ4v) is 2.77. The molecule has 1 aromatic heterocycles. The first kappa shape index (κ1) is 12.0. The Balaban J connectivity index is 2.45. The fourth-order valence-electron chi connectivity index (χ4n) is 1.26. The van der Waals surface area contributed by atoms with Gasteiger partial charge >= 0.3 is 0 Å². The van der Waals surface area contributed by atoms with Gasteiger partial charge in [0, 0.05) is 10.9 Å². The van der Waals surface area contributed by atoms with Gasteiger partial charge in [-0.3, -0.25) is 4.79 Å². The summed E-state index contributed by atoms with van der Waals surface area (Å²) in [7, 11) is 0. The average Bonchev–Trinajstić information content (AvgIpc) is 2.68. The molecule has 0 fully saturated rings. The van der Waals surface area contributed by atoms with Gasteiger partial charge in [-0.1, -0.05) is 6.07 Å². The minimum absolute atomic E-state index is 0.0830. The van der Waals surface area contributed by atoms with Gasteiger partial charge in [-0.15, -0.1) is 11.3 Å². The number of hydrogen-bond acceptors (Lipinski definition) is 2. The monoisotopic (exact) mass is 362 g/mol. The van der Waals surface area contributed by atoms with E-state index < -0.39 is 5.82 Å². The fraction of sp³-hybridized carbons (Fsp3) is 0. The Labute approximate surface area is 113 Å². The Hall–Kier alpha value is -0.520. The molecule has 82 valence electrons. The second kappa shape index (κ2) is 4.77. The van der Waals surface area contributed by atoms with Gasteiger partial charge < -0.3 is 0 Å². The highest BCUT2D eigenvalue weighted by atomic mass is 79.9. The molecule has 5 heteroatoms. The highest BCUT2D eigenvalue weighted by Crippen LogP contribution is 2.25. The quantitative estimate of drug-likeness (QED) is 0.710. The van der Waals surface area contributed by atoms with E-state index in [1.54, 1.807) is 23.6 Å². The van der Waals surface area contributed by atoms with Crippen LogP contribution in [0.1, 0.15) is 15.9 Å². The Morgan fingerprint density at radius 2 is 2.06 bits per heavy atom. The average molecular weight is 364 g/mol. The molecule has 0 atom stereocenters. The SMILES string of the molecule is O=C(c1csc(Br)c1)c1cccc(Br)c1F. The lowest BCUT2D eigenvalue weighted by Crippen LogP contribution is -2.03. The highest BCUT2D eigenvalue weighted by Gasteiger charge is 2.16. The summed E-state index contributed by atoms with van der Waals surface area (Å²) in [6.45, 7) is 0. The first-order chi connectivity index (χ1) is 7.59. The summed E-state index contributed by atoms with van der Waals surface area (Å²) in [5, 5.41) is 1.70. The predicted octanol–water partition coefficient (Wildman–Crippen LogP) is 4.64. The molecule has 0 amide bonds. The summed E-state index contributed by atoms with van der Waals surface area (Å²) < 4.78 is 14.8. The Bertz CT molecular complexity index is 551. The minimum atomic E-state index is -0.519. The first-order valence-electron chi connectivity index (χ1n) is 4.32. The Morgan fingerprint density at radius 1 is 1.31 bits per heavy atom. The number of thiophene rings is 1. The van der Waals surface area contributed by atoms with Gasteiger partial charge in [0.05, 0.1) is 13.8 Å². The van der Waals surface area contributed by atoms with E-state index >= 15 is 0 Å². The molecule has 0 saturated heterocycles. The number of benzene rings is 1. The predicted molar refractivity (Wildman–Crippen MR) is 69.6 cm³/mol. The number of carbonyl (C=O) groups excluding carboxylic acids is 1. The van der Waals surface area contributed by atoms with Crippen molar-refractivity contribution in [2.45, 2.75) is 0 Å². The van der Waals surface area contributed by atoms with Crippen LogP contribution in [0.2, 0.25) is 0 Å². The maximum atomic E-state index is 13.7. The van der Waals surface area contributed by atoms with Crippen molar-refractivity contribution in [3.05, 3.63) is 54.8 Å². The van der Waals surface area contributed by atoms with Gasteiger partial charge in [0.2, 0.25) is 0 Å². The molecule has 1 aromatic carbocycles. The van der Waals surface area contributed by atoms with Gasteiger partial charge in [0.15, 0.2) is 5.78 Å². The molecular weight excluding hydrogens is 359 g/mol. The van der Waals surface area contributed by atoms with Gasteiger partial charge in [-0.05, 0) is 50.1 Å². The Kier molecular flexibility index (Phi) is 3.56. The van der Waals surface area contributed by atoms with Crippen molar-refractivity contribution in [3.8, 4) is 0 Å². The third-order valence-corrected chi connectivity index (χ3v) is 4.14. The molecule has 16 heavy (non-hydrogen) atoms. The van der Waals surface area contributed by atoms with E-state index in [0.29, 0.717) is 10.0 Å². The number of ketones is 1. The van der Waals surface area contributed by atoms with Crippen LogP contribution in [-0.2, 0) is 0 Å². The third-order valence-electron chi connectivity index (χ3n) is 2.03. The maximum absolute atomic E-state index is 13.7. The van der Waals surface area contributed by atoms with Crippen molar-refractivity contribution >= 4 is 49.0 Å². The standard InChI is InChI=1S/C11H5Br2FOS/c12-8-3-1-2-7(10(8)14)11(15)6-4-9(13)16-5-6/h1-5H. The van der Waals surface area contributed by atoms with Gasteiger partial charge in [0.1, 0.15) is 5.82 Å². The number of hydrogen-bond donors (Lipinski definition) is 0. The van der Waals surface area contributed by atoms with E-state index in [2.05, 4.69) is 31.9 Å². The van der Waals surface area contributed by atoms with Gasteiger partial charge in [-0.25, -0.2) is 4.39 Å². The lowest BCUT2D eigenvalue weighted by atomic mass is 10.1. The molecule has 0 radical (unpaired) electrons.